The van der Waals surface area contributed by atoms with Gasteiger partial charge in [-0.15, -0.1) is 0 Å². The van der Waals surface area contributed by atoms with Crippen molar-refractivity contribution in [3.8, 4) is 0 Å². The highest BCUT2D eigenvalue weighted by Crippen LogP contribution is 2.38. The molecule has 110 valence electrons. The summed E-state index contributed by atoms with van der Waals surface area (Å²) < 4.78 is 0. The Morgan fingerprint density at radius 2 is 1.95 bits per heavy atom. The van der Waals surface area contributed by atoms with Crippen molar-refractivity contribution in [3.63, 3.8) is 0 Å². The first-order valence-electron chi connectivity index (χ1n) is 7.52. The van der Waals surface area contributed by atoms with E-state index in [1.54, 1.807) is 0 Å². The summed E-state index contributed by atoms with van der Waals surface area (Å²) in [6, 6.07) is 4.00. The van der Waals surface area contributed by atoms with E-state index in [0.717, 1.165) is 30.5 Å². The molecule has 1 fully saturated rings. The van der Waals surface area contributed by atoms with Crippen LogP contribution in [0.25, 0.3) is 0 Å². The standard InChI is InChI=1S/C16H21N5/c1-3-18-14-8-15(21-16(20-14)12-4-5-12)19-10-13-9-17-7-6-11(13)2/h6-9,12H,3-5,10H2,1-2H3,(H2,18,19,20,21). The molecule has 5 nitrogen and oxygen atoms in total. The number of aromatic nitrogens is 3. The third-order valence-corrected chi connectivity index (χ3v) is 3.65. The summed E-state index contributed by atoms with van der Waals surface area (Å²) in [5.41, 5.74) is 2.43. The van der Waals surface area contributed by atoms with Gasteiger partial charge in [-0.25, -0.2) is 9.97 Å². The number of hydrogen-bond acceptors (Lipinski definition) is 5. The van der Waals surface area contributed by atoms with Gasteiger partial charge in [0, 0.05) is 37.5 Å². The van der Waals surface area contributed by atoms with Gasteiger partial charge in [0.1, 0.15) is 17.5 Å². The lowest BCUT2D eigenvalue weighted by molar-refractivity contribution is 0.917. The molecule has 0 atom stereocenters. The van der Waals surface area contributed by atoms with E-state index in [0.29, 0.717) is 5.92 Å². The first kappa shape index (κ1) is 13.8. The Kier molecular flexibility index (Phi) is 3.99. The summed E-state index contributed by atoms with van der Waals surface area (Å²) in [6.45, 7) is 5.76. The van der Waals surface area contributed by atoms with Crippen molar-refractivity contribution in [3.05, 3.63) is 41.5 Å². The van der Waals surface area contributed by atoms with Crippen molar-refractivity contribution < 1.29 is 0 Å². The SMILES string of the molecule is CCNc1cc(NCc2cnccc2C)nc(C2CC2)n1. The maximum atomic E-state index is 4.64. The van der Waals surface area contributed by atoms with Gasteiger partial charge in [0.05, 0.1) is 0 Å². The fraction of sp³-hybridized carbons (Fsp3) is 0.438. The molecule has 0 aromatic carbocycles. The molecule has 1 saturated carbocycles. The zero-order chi connectivity index (χ0) is 14.7. The van der Waals surface area contributed by atoms with Crippen LogP contribution < -0.4 is 10.6 Å². The predicted octanol–water partition coefficient (Wildman–Crippen LogP) is 3.10. The highest BCUT2D eigenvalue weighted by Gasteiger charge is 2.27. The summed E-state index contributed by atoms with van der Waals surface area (Å²) in [7, 11) is 0. The molecule has 0 bridgehead atoms. The van der Waals surface area contributed by atoms with Crippen LogP contribution in [0.1, 0.15) is 42.6 Å². The summed E-state index contributed by atoms with van der Waals surface area (Å²) in [5.74, 6) is 3.29. The van der Waals surface area contributed by atoms with Crippen LogP contribution in [0.2, 0.25) is 0 Å². The van der Waals surface area contributed by atoms with Crippen molar-refractivity contribution in [2.75, 3.05) is 17.2 Å². The van der Waals surface area contributed by atoms with Crippen LogP contribution >= 0.6 is 0 Å². The summed E-state index contributed by atoms with van der Waals surface area (Å²) in [4.78, 5) is 13.4. The van der Waals surface area contributed by atoms with Crippen LogP contribution in [0.15, 0.2) is 24.5 Å². The van der Waals surface area contributed by atoms with E-state index in [9.17, 15) is 0 Å². The van der Waals surface area contributed by atoms with Crippen molar-refractivity contribution in [2.45, 2.75) is 39.2 Å². The summed E-state index contributed by atoms with van der Waals surface area (Å²) in [5, 5.41) is 6.67. The van der Waals surface area contributed by atoms with Gasteiger partial charge in [0.15, 0.2) is 0 Å². The highest BCUT2D eigenvalue weighted by molar-refractivity contribution is 5.48. The minimum Gasteiger partial charge on any atom is -0.370 e. The molecule has 0 amide bonds. The molecule has 1 aliphatic carbocycles. The summed E-state index contributed by atoms with van der Waals surface area (Å²) in [6.07, 6.45) is 6.13. The summed E-state index contributed by atoms with van der Waals surface area (Å²) >= 11 is 0. The van der Waals surface area contributed by atoms with Crippen LogP contribution in [-0.4, -0.2) is 21.5 Å². The first-order valence-corrected chi connectivity index (χ1v) is 7.52. The topological polar surface area (TPSA) is 62.7 Å². The lowest BCUT2D eigenvalue weighted by Crippen LogP contribution is -2.08. The molecule has 0 spiro atoms. The third-order valence-electron chi connectivity index (χ3n) is 3.65. The molecule has 0 radical (unpaired) electrons. The van der Waals surface area contributed by atoms with Crippen molar-refractivity contribution in [2.24, 2.45) is 0 Å². The number of hydrogen-bond donors (Lipinski definition) is 2. The Balaban J connectivity index is 1.76. The molecule has 2 N–H and O–H groups in total. The largest absolute Gasteiger partial charge is 0.370 e. The second-order valence-electron chi connectivity index (χ2n) is 5.46. The van der Waals surface area contributed by atoms with E-state index in [4.69, 9.17) is 0 Å². The molecule has 3 rings (SSSR count). The van der Waals surface area contributed by atoms with E-state index in [-0.39, 0.29) is 0 Å². The van der Waals surface area contributed by atoms with Gasteiger partial charge in [-0.1, -0.05) is 0 Å². The number of pyridine rings is 1. The van der Waals surface area contributed by atoms with Crippen molar-refractivity contribution in [1.29, 1.82) is 0 Å². The Morgan fingerprint density at radius 1 is 1.19 bits per heavy atom. The van der Waals surface area contributed by atoms with Crippen LogP contribution in [0.5, 0.6) is 0 Å². The maximum absolute atomic E-state index is 4.64. The first-order chi connectivity index (χ1) is 10.3. The average molecular weight is 283 g/mol. The maximum Gasteiger partial charge on any atom is 0.136 e. The quantitative estimate of drug-likeness (QED) is 0.853. The lowest BCUT2D eigenvalue weighted by Gasteiger charge is -2.11. The van der Waals surface area contributed by atoms with Crippen LogP contribution in [0.4, 0.5) is 11.6 Å². The molecule has 21 heavy (non-hydrogen) atoms. The molecule has 2 aromatic heterocycles. The van der Waals surface area contributed by atoms with E-state index >= 15 is 0 Å². The highest BCUT2D eigenvalue weighted by atomic mass is 15.1. The van der Waals surface area contributed by atoms with Crippen molar-refractivity contribution >= 4 is 11.6 Å². The zero-order valence-electron chi connectivity index (χ0n) is 12.6. The Hall–Kier alpha value is -2.17. The van der Waals surface area contributed by atoms with Crippen LogP contribution in [-0.2, 0) is 6.54 Å². The van der Waals surface area contributed by atoms with Crippen LogP contribution in [0.3, 0.4) is 0 Å². The monoisotopic (exact) mass is 283 g/mol. The second-order valence-corrected chi connectivity index (χ2v) is 5.46. The number of rotatable bonds is 6. The molecular weight excluding hydrogens is 262 g/mol. The van der Waals surface area contributed by atoms with E-state index < -0.39 is 0 Å². The van der Waals surface area contributed by atoms with E-state index in [1.807, 2.05) is 24.5 Å². The molecule has 1 aliphatic rings. The molecule has 2 aromatic rings. The minimum absolute atomic E-state index is 0.546. The molecule has 0 saturated heterocycles. The van der Waals surface area contributed by atoms with Crippen molar-refractivity contribution in [1.82, 2.24) is 15.0 Å². The molecule has 0 aliphatic heterocycles. The molecule has 5 heteroatoms. The number of aryl methyl sites for hydroxylation is 1. The fourth-order valence-electron chi connectivity index (χ4n) is 2.22. The van der Waals surface area contributed by atoms with E-state index in [2.05, 4.69) is 39.4 Å². The van der Waals surface area contributed by atoms with Crippen LogP contribution in [0, 0.1) is 6.92 Å². The minimum atomic E-state index is 0.546. The molecule has 2 heterocycles. The zero-order valence-corrected chi connectivity index (χ0v) is 12.6. The van der Waals surface area contributed by atoms with Gasteiger partial charge >= 0.3 is 0 Å². The Labute approximate surface area is 125 Å². The fourth-order valence-corrected chi connectivity index (χ4v) is 2.22. The van der Waals surface area contributed by atoms with Gasteiger partial charge in [0.2, 0.25) is 0 Å². The predicted molar refractivity (Wildman–Crippen MR) is 84.5 cm³/mol. The normalized spacial score (nSPS) is 14.0. The number of anilines is 2. The lowest BCUT2D eigenvalue weighted by atomic mass is 10.1. The van der Waals surface area contributed by atoms with Gasteiger partial charge in [-0.2, -0.15) is 0 Å². The molecule has 0 unspecified atom stereocenters. The van der Waals surface area contributed by atoms with Gasteiger partial charge < -0.3 is 10.6 Å². The number of nitrogens with one attached hydrogen (secondary N) is 2. The Bertz CT molecular complexity index is 622. The van der Waals surface area contributed by atoms with Gasteiger partial charge in [-0.3, -0.25) is 4.98 Å². The average Bonchev–Trinajstić information content (AvgIpc) is 3.31. The third kappa shape index (κ3) is 3.48. The van der Waals surface area contributed by atoms with Gasteiger partial charge in [0.25, 0.3) is 0 Å². The second kappa shape index (κ2) is 6.08. The molecular formula is C16H21N5. The Morgan fingerprint density at radius 3 is 2.62 bits per heavy atom. The number of nitrogens with zero attached hydrogens (tertiary/aromatic N) is 3. The smallest absolute Gasteiger partial charge is 0.136 e. The van der Waals surface area contributed by atoms with E-state index in [1.165, 1.54) is 24.0 Å². The van der Waals surface area contributed by atoms with Gasteiger partial charge in [-0.05, 0) is 43.9 Å².